The van der Waals surface area contributed by atoms with Crippen LogP contribution in [0.3, 0.4) is 0 Å². The van der Waals surface area contributed by atoms with E-state index in [0.29, 0.717) is 12.2 Å². The van der Waals surface area contributed by atoms with Gasteiger partial charge in [0.15, 0.2) is 0 Å². The third-order valence-corrected chi connectivity index (χ3v) is 5.74. The normalized spacial score (nSPS) is 16.4. The van der Waals surface area contributed by atoms with Crippen molar-refractivity contribution in [1.29, 1.82) is 0 Å². The molecule has 1 saturated heterocycles. The molecule has 1 unspecified atom stereocenters. The molecule has 1 aliphatic rings. The number of anilines is 1. The van der Waals surface area contributed by atoms with E-state index in [0.717, 1.165) is 18.8 Å². The fraction of sp³-hybridized carbons (Fsp3) is 0.545. The Kier molecular flexibility index (Phi) is 6.85. The molecule has 0 spiro atoms. The minimum Gasteiger partial charge on any atom is -0.497 e. The molecule has 1 atom stereocenters. The Morgan fingerprint density at radius 1 is 1.17 bits per heavy atom. The van der Waals surface area contributed by atoms with Gasteiger partial charge in [-0.1, -0.05) is 30.2 Å². The van der Waals surface area contributed by atoms with E-state index in [1.54, 1.807) is 13.3 Å². The lowest BCUT2D eigenvalue weighted by Gasteiger charge is -2.35. The van der Waals surface area contributed by atoms with E-state index < -0.39 is 5.54 Å². The highest BCUT2D eigenvalue weighted by Gasteiger charge is 2.24. The fourth-order valence-corrected chi connectivity index (χ4v) is 3.95. The summed E-state index contributed by atoms with van der Waals surface area (Å²) in [6, 6.07) is 8.38. The average Bonchev–Trinajstić information content (AvgIpc) is 2.71. The standard InChI is InChI=1S/C22H31ClN4O2/c1-22(2,3)27-21(28)20(23)18(14-25-27)24-15-19(26-12-6-5-7-13-26)16-8-10-17(29-4)11-9-16/h8-11,14,19,24H,5-7,12-13,15H2,1-4H3. The molecule has 3 rings (SSSR count). The summed E-state index contributed by atoms with van der Waals surface area (Å²) < 4.78 is 6.72. The van der Waals surface area contributed by atoms with Crippen LogP contribution in [0, 0.1) is 0 Å². The van der Waals surface area contributed by atoms with Gasteiger partial charge in [-0.3, -0.25) is 9.69 Å². The van der Waals surface area contributed by atoms with Crippen LogP contribution >= 0.6 is 11.6 Å². The molecule has 7 heteroatoms. The van der Waals surface area contributed by atoms with Gasteiger partial charge in [0.05, 0.1) is 30.6 Å². The van der Waals surface area contributed by atoms with Crippen molar-refractivity contribution in [1.82, 2.24) is 14.7 Å². The van der Waals surface area contributed by atoms with Crippen LogP contribution in [0.25, 0.3) is 0 Å². The zero-order valence-corrected chi connectivity index (χ0v) is 18.5. The molecule has 158 valence electrons. The number of piperidine rings is 1. The molecule has 1 fully saturated rings. The molecule has 0 bridgehead atoms. The molecule has 29 heavy (non-hydrogen) atoms. The summed E-state index contributed by atoms with van der Waals surface area (Å²) in [7, 11) is 1.67. The predicted molar refractivity (Wildman–Crippen MR) is 118 cm³/mol. The minimum atomic E-state index is -0.418. The van der Waals surface area contributed by atoms with E-state index >= 15 is 0 Å². The topological polar surface area (TPSA) is 59.4 Å². The van der Waals surface area contributed by atoms with E-state index in [1.165, 1.54) is 29.5 Å². The Hall–Kier alpha value is -2.05. The van der Waals surface area contributed by atoms with E-state index in [-0.39, 0.29) is 16.6 Å². The second kappa shape index (κ2) is 9.18. The van der Waals surface area contributed by atoms with Crippen LogP contribution < -0.4 is 15.6 Å². The molecular formula is C22H31ClN4O2. The maximum absolute atomic E-state index is 12.6. The van der Waals surface area contributed by atoms with Crippen LogP contribution in [-0.4, -0.2) is 41.4 Å². The molecule has 1 aromatic heterocycles. The van der Waals surface area contributed by atoms with Gasteiger partial charge in [-0.05, 0) is 64.4 Å². The van der Waals surface area contributed by atoms with Crippen molar-refractivity contribution < 1.29 is 4.74 Å². The zero-order valence-electron chi connectivity index (χ0n) is 17.7. The maximum atomic E-state index is 12.6. The first kappa shape index (κ1) is 21.7. The second-order valence-corrected chi connectivity index (χ2v) is 8.90. The smallest absolute Gasteiger partial charge is 0.288 e. The number of benzene rings is 1. The highest BCUT2D eigenvalue weighted by atomic mass is 35.5. The van der Waals surface area contributed by atoms with E-state index in [4.69, 9.17) is 16.3 Å². The van der Waals surface area contributed by atoms with Gasteiger partial charge in [-0.15, -0.1) is 0 Å². The summed E-state index contributed by atoms with van der Waals surface area (Å²) in [5.74, 6) is 0.845. The van der Waals surface area contributed by atoms with E-state index in [9.17, 15) is 4.79 Å². The Balaban J connectivity index is 1.83. The number of halogens is 1. The van der Waals surface area contributed by atoms with Gasteiger partial charge in [0.25, 0.3) is 5.56 Å². The molecule has 2 aromatic rings. The number of methoxy groups -OCH3 is 1. The summed E-state index contributed by atoms with van der Waals surface area (Å²) in [4.78, 5) is 15.1. The molecule has 0 radical (unpaired) electrons. The van der Waals surface area contributed by atoms with Crippen molar-refractivity contribution in [3.8, 4) is 5.75 Å². The van der Waals surface area contributed by atoms with Crippen molar-refractivity contribution in [3.63, 3.8) is 0 Å². The van der Waals surface area contributed by atoms with Crippen LogP contribution in [0.4, 0.5) is 5.69 Å². The molecule has 6 nitrogen and oxygen atoms in total. The summed E-state index contributed by atoms with van der Waals surface area (Å²) in [6.07, 6.45) is 5.34. The fourth-order valence-electron chi connectivity index (χ4n) is 3.75. The summed E-state index contributed by atoms with van der Waals surface area (Å²) in [5, 5.41) is 7.88. The third-order valence-electron chi connectivity index (χ3n) is 5.37. The van der Waals surface area contributed by atoms with Crippen LogP contribution in [0.2, 0.25) is 5.02 Å². The Morgan fingerprint density at radius 3 is 2.41 bits per heavy atom. The van der Waals surface area contributed by atoms with Crippen LogP contribution in [0.5, 0.6) is 5.75 Å². The number of ether oxygens (including phenoxy) is 1. The van der Waals surface area contributed by atoms with Crippen molar-refractivity contribution in [3.05, 3.63) is 51.4 Å². The van der Waals surface area contributed by atoms with Gasteiger partial charge in [0, 0.05) is 6.54 Å². The molecule has 0 saturated carbocycles. The lowest BCUT2D eigenvalue weighted by atomic mass is 10.0. The number of nitrogens with zero attached hydrogens (tertiary/aromatic N) is 3. The van der Waals surface area contributed by atoms with Gasteiger partial charge in [-0.25, -0.2) is 4.68 Å². The van der Waals surface area contributed by atoms with Crippen molar-refractivity contribution in [2.75, 3.05) is 32.1 Å². The first-order valence-corrected chi connectivity index (χ1v) is 10.6. The highest BCUT2D eigenvalue weighted by molar-refractivity contribution is 6.32. The summed E-state index contributed by atoms with van der Waals surface area (Å²) >= 11 is 6.39. The van der Waals surface area contributed by atoms with Crippen molar-refractivity contribution in [2.24, 2.45) is 0 Å². The molecular weight excluding hydrogens is 388 g/mol. The number of rotatable bonds is 6. The first-order chi connectivity index (χ1) is 13.8. The Morgan fingerprint density at radius 2 is 1.83 bits per heavy atom. The van der Waals surface area contributed by atoms with Gasteiger partial charge in [-0.2, -0.15) is 5.10 Å². The van der Waals surface area contributed by atoms with Crippen LogP contribution in [0.1, 0.15) is 51.6 Å². The molecule has 0 aliphatic carbocycles. The zero-order chi connectivity index (χ0) is 21.0. The average molecular weight is 419 g/mol. The first-order valence-electron chi connectivity index (χ1n) is 10.2. The Labute approximate surface area is 177 Å². The summed E-state index contributed by atoms with van der Waals surface area (Å²) in [6.45, 7) is 8.57. The number of aromatic nitrogens is 2. The molecule has 0 amide bonds. The minimum absolute atomic E-state index is 0.182. The molecule has 2 heterocycles. The highest BCUT2D eigenvalue weighted by Crippen LogP contribution is 2.28. The molecule has 1 aliphatic heterocycles. The van der Waals surface area contributed by atoms with Crippen molar-refractivity contribution >= 4 is 17.3 Å². The largest absolute Gasteiger partial charge is 0.497 e. The van der Waals surface area contributed by atoms with Gasteiger partial charge in [0.1, 0.15) is 10.8 Å². The number of nitrogens with one attached hydrogen (secondary N) is 1. The van der Waals surface area contributed by atoms with Gasteiger partial charge < -0.3 is 10.1 Å². The Bertz CT molecular complexity index is 868. The number of hydrogen-bond donors (Lipinski definition) is 1. The quantitative estimate of drug-likeness (QED) is 0.757. The van der Waals surface area contributed by atoms with E-state index in [1.807, 2.05) is 32.9 Å². The van der Waals surface area contributed by atoms with Crippen LogP contribution in [-0.2, 0) is 5.54 Å². The lowest BCUT2D eigenvalue weighted by molar-refractivity contribution is 0.170. The number of likely N-dealkylation sites (tertiary alicyclic amines) is 1. The third kappa shape index (κ3) is 5.11. The molecule has 1 N–H and O–H groups in total. The van der Waals surface area contributed by atoms with Crippen LogP contribution in [0.15, 0.2) is 35.3 Å². The lowest BCUT2D eigenvalue weighted by Crippen LogP contribution is -2.38. The van der Waals surface area contributed by atoms with Crippen molar-refractivity contribution in [2.45, 2.75) is 51.6 Å². The van der Waals surface area contributed by atoms with E-state index in [2.05, 4.69) is 27.4 Å². The monoisotopic (exact) mass is 418 g/mol. The summed E-state index contributed by atoms with van der Waals surface area (Å²) in [5.41, 5.74) is 1.10. The van der Waals surface area contributed by atoms with Gasteiger partial charge >= 0.3 is 0 Å². The number of hydrogen-bond acceptors (Lipinski definition) is 5. The second-order valence-electron chi connectivity index (χ2n) is 8.53. The maximum Gasteiger partial charge on any atom is 0.288 e. The predicted octanol–water partition coefficient (Wildman–Crippen LogP) is 4.30. The SMILES string of the molecule is COc1ccc(C(CNc2cnn(C(C)(C)C)c(=O)c2Cl)N2CCCCC2)cc1. The molecule has 1 aromatic carbocycles. The van der Waals surface area contributed by atoms with Gasteiger partial charge in [0.2, 0.25) is 0 Å².